The van der Waals surface area contributed by atoms with Gasteiger partial charge in [0.05, 0.1) is 29.9 Å². The third kappa shape index (κ3) is 2.82. The van der Waals surface area contributed by atoms with Crippen molar-refractivity contribution in [3.8, 4) is 5.69 Å². The lowest BCUT2D eigenvalue weighted by atomic mass is 10.2. The van der Waals surface area contributed by atoms with Crippen molar-refractivity contribution in [2.24, 2.45) is 0 Å². The minimum atomic E-state index is -0.686. The standard InChI is InChI=1S/C16H17FN4O3/c1-10-7-20(9-18-10)14-5-4-12(6-13(14)17)21-8-15(24-16(21)23)19(3)11(2)22/h4-7,9,15H,8H2,1-3H3. The second kappa shape index (κ2) is 5.95. The Balaban J connectivity index is 1.84. The molecule has 1 fully saturated rings. The average molecular weight is 332 g/mol. The Labute approximate surface area is 138 Å². The second-order valence-electron chi connectivity index (χ2n) is 5.64. The molecule has 1 aromatic carbocycles. The molecule has 1 aliphatic heterocycles. The molecule has 8 heteroatoms. The zero-order valence-corrected chi connectivity index (χ0v) is 13.6. The summed E-state index contributed by atoms with van der Waals surface area (Å²) in [6.45, 7) is 3.35. The molecule has 0 radical (unpaired) electrons. The monoisotopic (exact) mass is 332 g/mol. The van der Waals surface area contributed by atoms with Crippen LogP contribution in [-0.4, -0.2) is 46.3 Å². The number of cyclic esters (lactones) is 1. The van der Waals surface area contributed by atoms with Crippen LogP contribution in [0.1, 0.15) is 12.6 Å². The van der Waals surface area contributed by atoms with E-state index in [1.165, 1.54) is 29.1 Å². The molecule has 1 atom stereocenters. The zero-order chi connectivity index (χ0) is 17.4. The number of imidazole rings is 1. The van der Waals surface area contributed by atoms with E-state index in [2.05, 4.69) is 4.98 Å². The van der Waals surface area contributed by atoms with Gasteiger partial charge in [-0.25, -0.2) is 14.2 Å². The number of amides is 2. The molecule has 1 saturated heterocycles. The van der Waals surface area contributed by atoms with Crippen LogP contribution < -0.4 is 4.90 Å². The molecule has 1 aliphatic rings. The summed E-state index contributed by atoms with van der Waals surface area (Å²) >= 11 is 0. The van der Waals surface area contributed by atoms with Crippen LogP contribution in [0, 0.1) is 12.7 Å². The highest BCUT2D eigenvalue weighted by molar-refractivity contribution is 5.90. The van der Waals surface area contributed by atoms with Gasteiger partial charge in [0.15, 0.2) is 6.23 Å². The highest BCUT2D eigenvalue weighted by Crippen LogP contribution is 2.26. The largest absolute Gasteiger partial charge is 0.423 e. The molecule has 3 rings (SSSR count). The van der Waals surface area contributed by atoms with Crippen molar-refractivity contribution < 1.29 is 18.7 Å². The first kappa shape index (κ1) is 16.0. The number of halogens is 1. The van der Waals surface area contributed by atoms with Gasteiger partial charge < -0.3 is 14.2 Å². The Morgan fingerprint density at radius 1 is 1.46 bits per heavy atom. The predicted octanol–water partition coefficient (Wildman–Crippen LogP) is 2.08. The van der Waals surface area contributed by atoms with Gasteiger partial charge in [-0.05, 0) is 25.1 Å². The second-order valence-corrected chi connectivity index (χ2v) is 5.64. The maximum atomic E-state index is 14.4. The lowest BCUT2D eigenvalue weighted by Gasteiger charge is -2.20. The lowest BCUT2D eigenvalue weighted by molar-refractivity contribution is -0.134. The van der Waals surface area contributed by atoms with Crippen LogP contribution in [0.5, 0.6) is 0 Å². The molecule has 0 spiro atoms. The number of aryl methyl sites for hydroxylation is 1. The van der Waals surface area contributed by atoms with Gasteiger partial charge in [0.2, 0.25) is 5.91 Å². The van der Waals surface area contributed by atoms with Crippen LogP contribution in [0.2, 0.25) is 0 Å². The lowest BCUT2D eigenvalue weighted by Crippen LogP contribution is -2.38. The molecule has 0 N–H and O–H groups in total. The Morgan fingerprint density at radius 3 is 2.79 bits per heavy atom. The average Bonchev–Trinajstić information content (AvgIpc) is 3.12. The summed E-state index contributed by atoms with van der Waals surface area (Å²) in [6, 6.07) is 4.47. The normalized spacial score (nSPS) is 17.1. The fourth-order valence-corrected chi connectivity index (χ4v) is 2.49. The van der Waals surface area contributed by atoms with Gasteiger partial charge in [0.1, 0.15) is 5.82 Å². The Hall–Kier alpha value is -2.90. The third-order valence-electron chi connectivity index (χ3n) is 3.96. The van der Waals surface area contributed by atoms with Gasteiger partial charge in [-0.15, -0.1) is 0 Å². The van der Waals surface area contributed by atoms with Crippen LogP contribution in [0.25, 0.3) is 5.69 Å². The number of carbonyl (C=O) groups is 2. The van der Waals surface area contributed by atoms with Crippen LogP contribution in [0.3, 0.4) is 0 Å². The first-order chi connectivity index (χ1) is 11.4. The smallest absolute Gasteiger partial charge is 0.416 e. The minimum absolute atomic E-state index is 0.151. The van der Waals surface area contributed by atoms with Crippen molar-refractivity contribution in [2.75, 3.05) is 18.5 Å². The van der Waals surface area contributed by atoms with E-state index in [4.69, 9.17) is 4.74 Å². The zero-order valence-electron chi connectivity index (χ0n) is 13.6. The van der Waals surface area contributed by atoms with E-state index < -0.39 is 18.1 Å². The number of rotatable bonds is 3. The van der Waals surface area contributed by atoms with Gasteiger partial charge in [-0.2, -0.15) is 0 Å². The van der Waals surface area contributed by atoms with Crippen LogP contribution in [0.15, 0.2) is 30.7 Å². The Kier molecular flexibility index (Phi) is 3.96. The summed E-state index contributed by atoms with van der Waals surface area (Å²) in [5.41, 5.74) is 1.48. The van der Waals surface area contributed by atoms with Gasteiger partial charge in [-0.3, -0.25) is 9.69 Å². The third-order valence-corrected chi connectivity index (χ3v) is 3.96. The molecule has 1 unspecified atom stereocenters. The van der Waals surface area contributed by atoms with Crippen molar-refractivity contribution in [1.29, 1.82) is 0 Å². The van der Waals surface area contributed by atoms with Crippen LogP contribution in [-0.2, 0) is 9.53 Å². The van der Waals surface area contributed by atoms with Gasteiger partial charge in [-0.1, -0.05) is 0 Å². The number of likely N-dealkylation sites (N-methyl/N-ethyl adjacent to an activating group) is 1. The molecular formula is C16H17FN4O3. The number of carbonyl (C=O) groups excluding carboxylic acids is 2. The summed E-state index contributed by atoms with van der Waals surface area (Å²) < 4.78 is 21.2. The Bertz CT molecular complexity index is 804. The number of ether oxygens (including phenoxy) is 1. The van der Waals surface area contributed by atoms with Gasteiger partial charge >= 0.3 is 6.09 Å². The molecule has 0 aliphatic carbocycles. The summed E-state index contributed by atoms with van der Waals surface area (Å²) in [4.78, 5) is 30.1. The van der Waals surface area contributed by atoms with Crippen molar-refractivity contribution in [2.45, 2.75) is 20.1 Å². The van der Waals surface area contributed by atoms with E-state index in [-0.39, 0.29) is 12.5 Å². The molecule has 2 heterocycles. The Morgan fingerprint density at radius 2 is 2.21 bits per heavy atom. The van der Waals surface area contributed by atoms with Gasteiger partial charge in [0.25, 0.3) is 0 Å². The number of benzene rings is 1. The summed E-state index contributed by atoms with van der Waals surface area (Å²) in [7, 11) is 1.55. The van der Waals surface area contributed by atoms with E-state index in [0.29, 0.717) is 11.4 Å². The first-order valence-corrected chi connectivity index (χ1v) is 7.39. The van der Waals surface area contributed by atoms with E-state index in [9.17, 15) is 14.0 Å². The summed E-state index contributed by atoms with van der Waals surface area (Å²) in [5, 5.41) is 0. The minimum Gasteiger partial charge on any atom is -0.423 e. The molecule has 126 valence electrons. The molecule has 0 saturated carbocycles. The summed E-state index contributed by atoms with van der Waals surface area (Å²) in [5.74, 6) is -0.701. The topological polar surface area (TPSA) is 67.7 Å². The number of hydrogen-bond acceptors (Lipinski definition) is 4. The van der Waals surface area contributed by atoms with E-state index in [0.717, 1.165) is 5.69 Å². The van der Waals surface area contributed by atoms with Crippen LogP contribution in [0.4, 0.5) is 14.9 Å². The molecule has 2 amide bonds. The highest BCUT2D eigenvalue weighted by Gasteiger charge is 2.36. The number of anilines is 1. The molecule has 0 bridgehead atoms. The highest BCUT2D eigenvalue weighted by atomic mass is 19.1. The van der Waals surface area contributed by atoms with E-state index in [1.807, 2.05) is 6.92 Å². The van der Waals surface area contributed by atoms with E-state index >= 15 is 0 Å². The first-order valence-electron chi connectivity index (χ1n) is 7.39. The molecule has 7 nitrogen and oxygen atoms in total. The SMILES string of the molecule is CC(=O)N(C)C1CN(c2ccc(-n3cnc(C)c3)c(F)c2)C(=O)O1. The fourth-order valence-electron chi connectivity index (χ4n) is 2.49. The molecular weight excluding hydrogens is 315 g/mol. The van der Waals surface area contributed by atoms with Crippen molar-refractivity contribution in [1.82, 2.24) is 14.5 Å². The number of hydrogen-bond donors (Lipinski definition) is 0. The molecule has 1 aromatic heterocycles. The van der Waals surface area contributed by atoms with Crippen molar-refractivity contribution in [3.05, 3.63) is 42.2 Å². The van der Waals surface area contributed by atoms with Crippen molar-refractivity contribution >= 4 is 17.7 Å². The summed E-state index contributed by atoms with van der Waals surface area (Å²) in [6.07, 6.45) is 1.93. The van der Waals surface area contributed by atoms with Crippen molar-refractivity contribution in [3.63, 3.8) is 0 Å². The molecule has 24 heavy (non-hydrogen) atoms. The predicted molar refractivity (Wildman–Crippen MR) is 84.3 cm³/mol. The number of nitrogens with zero attached hydrogens (tertiary/aromatic N) is 4. The maximum Gasteiger partial charge on any atom is 0.416 e. The van der Waals surface area contributed by atoms with Crippen LogP contribution >= 0.6 is 0 Å². The van der Waals surface area contributed by atoms with Gasteiger partial charge in [0, 0.05) is 20.2 Å². The molecule has 2 aromatic rings. The maximum absolute atomic E-state index is 14.4. The quantitative estimate of drug-likeness (QED) is 0.863. The fraction of sp³-hybridized carbons (Fsp3) is 0.312. The van der Waals surface area contributed by atoms with E-state index in [1.54, 1.807) is 29.9 Å². The number of aromatic nitrogens is 2.